The van der Waals surface area contributed by atoms with Crippen LogP contribution in [-0.2, 0) is 10.8 Å². The van der Waals surface area contributed by atoms with Crippen LogP contribution in [0.1, 0.15) is 92.9 Å². The molecular weight excluding hydrogens is 675 g/mol. The molecule has 274 valence electrons. The summed E-state index contributed by atoms with van der Waals surface area (Å²) in [5.74, 6) is 3.38. The molecule has 2 spiro atoms. The van der Waals surface area contributed by atoms with Crippen LogP contribution >= 0.6 is 0 Å². The summed E-state index contributed by atoms with van der Waals surface area (Å²) in [6, 6.07) is 54.8. The lowest BCUT2D eigenvalue weighted by Crippen LogP contribution is -2.48. The summed E-state index contributed by atoms with van der Waals surface area (Å²) in [6.45, 7) is 0. The predicted molar refractivity (Wildman–Crippen MR) is 233 cm³/mol. The summed E-state index contributed by atoms with van der Waals surface area (Å²) in [6.07, 6.45) is 15.0. The molecule has 0 radical (unpaired) electrons. The molecule has 1 nitrogen and oxygen atoms in total. The van der Waals surface area contributed by atoms with E-state index in [-0.39, 0.29) is 10.8 Å². The van der Waals surface area contributed by atoms with Gasteiger partial charge in [0.25, 0.3) is 0 Å². The van der Waals surface area contributed by atoms with Crippen LogP contribution in [-0.4, -0.2) is 0 Å². The first-order chi connectivity index (χ1) is 27.7. The molecule has 5 unspecified atom stereocenters. The maximum Gasteiger partial charge on any atom is 0.0468 e. The highest BCUT2D eigenvalue weighted by Crippen LogP contribution is 2.68. The Hall–Kier alpha value is -5.14. The number of fused-ring (bicyclic) bond motifs is 12. The zero-order valence-corrected chi connectivity index (χ0v) is 32.3. The minimum atomic E-state index is 0.107. The molecule has 5 fully saturated rings. The molecule has 0 aliphatic heterocycles. The highest BCUT2D eigenvalue weighted by Gasteiger charge is 2.59. The maximum absolute atomic E-state index is 2.61. The van der Waals surface area contributed by atoms with E-state index in [9.17, 15) is 0 Å². The fourth-order valence-electron chi connectivity index (χ4n) is 14.3. The number of nitrogens with zero attached hydrogens (tertiary/aromatic N) is 1. The van der Waals surface area contributed by atoms with Gasteiger partial charge < -0.3 is 4.90 Å². The van der Waals surface area contributed by atoms with Crippen molar-refractivity contribution in [3.63, 3.8) is 0 Å². The summed E-state index contributed by atoms with van der Waals surface area (Å²) in [7, 11) is 0. The minimum absolute atomic E-state index is 0.107. The molecule has 0 N–H and O–H groups in total. The van der Waals surface area contributed by atoms with Gasteiger partial charge in [-0.3, -0.25) is 0 Å². The van der Waals surface area contributed by atoms with Crippen molar-refractivity contribution in [2.45, 2.75) is 81.5 Å². The molecule has 7 aromatic carbocycles. The largest absolute Gasteiger partial charge is 0.310 e. The molecule has 14 rings (SSSR count). The van der Waals surface area contributed by atoms with Crippen LogP contribution in [0.15, 0.2) is 140 Å². The molecule has 1 heteroatoms. The second-order valence-corrected chi connectivity index (χ2v) is 18.7. The summed E-state index contributed by atoms with van der Waals surface area (Å²) in [5.41, 5.74) is 16.3. The molecule has 7 aromatic rings. The topological polar surface area (TPSA) is 3.24 Å². The van der Waals surface area contributed by atoms with Gasteiger partial charge in [0.05, 0.1) is 0 Å². The summed E-state index contributed by atoms with van der Waals surface area (Å²) in [5, 5.41) is 5.23. The Morgan fingerprint density at radius 2 is 1.05 bits per heavy atom. The Morgan fingerprint density at radius 3 is 1.96 bits per heavy atom. The minimum Gasteiger partial charge on any atom is -0.310 e. The summed E-state index contributed by atoms with van der Waals surface area (Å²) < 4.78 is 0. The number of anilines is 3. The van der Waals surface area contributed by atoms with Gasteiger partial charge in [-0.25, -0.2) is 0 Å². The second kappa shape index (κ2) is 11.7. The van der Waals surface area contributed by atoms with Crippen LogP contribution in [0, 0.1) is 23.7 Å². The Labute approximate surface area is 331 Å². The highest BCUT2D eigenvalue weighted by molar-refractivity contribution is 6.08. The van der Waals surface area contributed by atoms with Crippen LogP contribution in [0.2, 0.25) is 0 Å². The first-order valence-electron chi connectivity index (χ1n) is 21.9. The lowest BCUT2D eigenvalue weighted by Gasteiger charge is -2.53. The zero-order chi connectivity index (χ0) is 36.6. The van der Waals surface area contributed by atoms with E-state index in [0.29, 0.717) is 0 Å². The van der Waals surface area contributed by atoms with Gasteiger partial charge in [0.1, 0.15) is 0 Å². The third-order valence-electron chi connectivity index (χ3n) is 16.3. The van der Waals surface area contributed by atoms with Gasteiger partial charge in [-0.2, -0.15) is 0 Å². The van der Waals surface area contributed by atoms with Crippen LogP contribution in [0.4, 0.5) is 17.1 Å². The summed E-state index contributed by atoms with van der Waals surface area (Å²) in [4.78, 5) is 2.60. The molecule has 5 saturated carbocycles. The highest BCUT2D eigenvalue weighted by atomic mass is 15.1. The standard InChI is InChI=1S/C55H49N/c1-8-26-54(27-9-1)50-14-6-4-12-46(50)48-24-21-43(34-53(48)54)56(41-20-23-45-38(32-41)18-17-37-10-2-3-11-44(37)45)42-22-25-52-49(33-42)47-13-5-7-15-51(47)55(52)39-19-16-35-28-36(30-39)31-40(55)29-35/h2-7,10-15,17-18,20-25,32-36,39-40H,1,8-9,16,19,26-31H2. The van der Waals surface area contributed by atoms with Crippen molar-refractivity contribution in [3.8, 4) is 22.3 Å². The second-order valence-electron chi connectivity index (χ2n) is 18.7. The van der Waals surface area contributed by atoms with Crippen LogP contribution in [0.5, 0.6) is 0 Å². The monoisotopic (exact) mass is 723 g/mol. The Balaban J connectivity index is 1.03. The zero-order valence-electron chi connectivity index (χ0n) is 32.3. The molecule has 4 bridgehead atoms. The third kappa shape index (κ3) is 4.22. The van der Waals surface area contributed by atoms with Crippen LogP contribution in [0.3, 0.4) is 0 Å². The molecule has 7 aliphatic rings. The van der Waals surface area contributed by atoms with E-state index in [1.165, 1.54) is 131 Å². The van der Waals surface area contributed by atoms with Gasteiger partial charge in [-0.05, 0) is 171 Å². The third-order valence-corrected chi connectivity index (χ3v) is 16.3. The average molecular weight is 724 g/mol. The fraction of sp³-hybridized carbons (Fsp3) is 0.309. The molecule has 0 heterocycles. The van der Waals surface area contributed by atoms with E-state index in [0.717, 1.165) is 23.7 Å². The molecule has 0 aromatic heterocycles. The Bertz CT molecular complexity index is 2740. The number of rotatable bonds is 3. The van der Waals surface area contributed by atoms with Crippen molar-refractivity contribution in [2.24, 2.45) is 23.7 Å². The van der Waals surface area contributed by atoms with E-state index in [2.05, 4.69) is 144 Å². The van der Waals surface area contributed by atoms with Crippen LogP contribution in [0.25, 0.3) is 43.8 Å². The smallest absolute Gasteiger partial charge is 0.0468 e. The van der Waals surface area contributed by atoms with Crippen molar-refractivity contribution in [1.29, 1.82) is 0 Å². The molecule has 7 aliphatic carbocycles. The SMILES string of the molecule is c1ccc2c(c1)-c1ccc(N(c3ccc4c(c3)-c3ccccc3C43C4CCC5CC(C4)CC3C5)c3ccc4c(ccc5ccccc54)c3)cc1C21CCCCC1. The fourth-order valence-corrected chi connectivity index (χ4v) is 14.3. The van der Waals surface area contributed by atoms with Gasteiger partial charge in [-0.15, -0.1) is 0 Å². The van der Waals surface area contributed by atoms with Crippen LogP contribution < -0.4 is 4.90 Å². The van der Waals surface area contributed by atoms with Gasteiger partial charge in [-0.1, -0.05) is 129 Å². The van der Waals surface area contributed by atoms with Crippen molar-refractivity contribution in [1.82, 2.24) is 0 Å². The summed E-state index contributed by atoms with van der Waals surface area (Å²) >= 11 is 0. The van der Waals surface area contributed by atoms with E-state index in [1.54, 1.807) is 22.3 Å². The van der Waals surface area contributed by atoms with Gasteiger partial charge in [0.15, 0.2) is 0 Å². The normalized spacial score (nSPS) is 26.0. The van der Waals surface area contributed by atoms with E-state index < -0.39 is 0 Å². The van der Waals surface area contributed by atoms with E-state index in [1.807, 2.05) is 0 Å². The molecular formula is C55H49N. The first-order valence-corrected chi connectivity index (χ1v) is 21.9. The van der Waals surface area contributed by atoms with Crippen molar-refractivity contribution in [2.75, 3.05) is 4.90 Å². The van der Waals surface area contributed by atoms with Gasteiger partial charge in [0.2, 0.25) is 0 Å². The predicted octanol–water partition coefficient (Wildman–Crippen LogP) is 14.8. The lowest BCUT2D eigenvalue weighted by atomic mass is 9.51. The lowest BCUT2D eigenvalue weighted by molar-refractivity contribution is 0.0618. The molecule has 5 atom stereocenters. The molecule has 0 saturated heterocycles. The number of hydrogen-bond donors (Lipinski definition) is 0. The Kier molecular flexibility index (Phi) is 6.69. The quantitative estimate of drug-likeness (QED) is 0.164. The van der Waals surface area contributed by atoms with Gasteiger partial charge >= 0.3 is 0 Å². The first kappa shape index (κ1) is 32.0. The number of hydrogen-bond acceptors (Lipinski definition) is 1. The Morgan fingerprint density at radius 1 is 0.411 bits per heavy atom. The van der Waals surface area contributed by atoms with Crippen molar-refractivity contribution >= 4 is 38.6 Å². The molecule has 56 heavy (non-hydrogen) atoms. The maximum atomic E-state index is 2.61. The van der Waals surface area contributed by atoms with Crippen molar-refractivity contribution < 1.29 is 0 Å². The van der Waals surface area contributed by atoms with E-state index in [4.69, 9.17) is 0 Å². The van der Waals surface area contributed by atoms with E-state index >= 15 is 0 Å². The average Bonchev–Trinajstić information content (AvgIpc) is 3.57. The molecule has 0 amide bonds. The number of benzene rings is 7. The van der Waals surface area contributed by atoms with Gasteiger partial charge in [0, 0.05) is 27.9 Å². The van der Waals surface area contributed by atoms with Crippen molar-refractivity contribution in [3.05, 3.63) is 162 Å².